The van der Waals surface area contributed by atoms with Crippen molar-refractivity contribution >= 4 is 39.8 Å². The number of allylic oxidation sites excluding steroid dienone is 1. The van der Waals surface area contributed by atoms with Crippen LogP contribution in [0, 0.1) is 0 Å². The average molecular weight is 542 g/mol. The van der Waals surface area contributed by atoms with Crippen LogP contribution in [0.3, 0.4) is 0 Å². The highest BCUT2D eigenvalue weighted by Gasteiger charge is 2.33. The van der Waals surface area contributed by atoms with Gasteiger partial charge in [-0.25, -0.2) is 9.79 Å². The lowest BCUT2D eigenvalue weighted by molar-refractivity contribution is -0.139. The lowest BCUT2D eigenvalue weighted by Crippen LogP contribution is -2.40. The third kappa shape index (κ3) is 4.88. The van der Waals surface area contributed by atoms with Crippen LogP contribution in [0.4, 0.5) is 5.69 Å². The first kappa shape index (κ1) is 26.4. The Labute approximate surface area is 230 Å². The SMILES string of the molecule is CCOC(=O)C1=C(C)N=c2s/c(=C\c3c(OCC)ccc4ccccc34)c(=O)n2[C@H]1c1ccc(N(C)C)cc1. The van der Waals surface area contributed by atoms with E-state index in [1.54, 1.807) is 18.4 Å². The quantitative estimate of drug-likeness (QED) is 0.324. The van der Waals surface area contributed by atoms with E-state index in [1.165, 1.54) is 11.3 Å². The predicted molar refractivity (Wildman–Crippen MR) is 156 cm³/mol. The number of carbonyl (C=O) groups is 1. The molecule has 0 unspecified atom stereocenters. The number of hydrogen-bond acceptors (Lipinski definition) is 7. The minimum absolute atomic E-state index is 0.217. The molecule has 0 N–H and O–H groups in total. The largest absolute Gasteiger partial charge is 0.493 e. The van der Waals surface area contributed by atoms with E-state index in [4.69, 9.17) is 14.5 Å². The Balaban J connectivity index is 1.76. The van der Waals surface area contributed by atoms with Crippen LogP contribution in [-0.4, -0.2) is 37.8 Å². The van der Waals surface area contributed by atoms with Crippen LogP contribution in [0.5, 0.6) is 5.75 Å². The summed E-state index contributed by atoms with van der Waals surface area (Å²) in [5.74, 6) is 0.239. The molecule has 0 spiro atoms. The van der Waals surface area contributed by atoms with Crippen molar-refractivity contribution in [3.05, 3.63) is 103 Å². The van der Waals surface area contributed by atoms with Gasteiger partial charge >= 0.3 is 5.97 Å². The summed E-state index contributed by atoms with van der Waals surface area (Å²) in [6.45, 7) is 6.24. The smallest absolute Gasteiger partial charge is 0.338 e. The lowest BCUT2D eigenvalue weighted by Gasteiger charge is -2.25. The molecule has 0 amide bonds. The first-order valence-corrected chi connectivity index (χ1v) is 13.8. The van der Waals surface area contributed by atoms with Gasteiger partial charge in [0.05, 0.1) is 35.1 Å². The van der Waals surface area contributed by atoms with Crippen molar-refractivity contribution in [3.8, 4) is 5.75 Å². The summed E-state index contributed by atoms with van der Waals surface area (Å²) >= 11 is 1.31. The molecule has 7 nitrogen and oxygen atoms in total. The summed E-state index contributed by atoms with van der Waals surface area (Å²) < 4.78 is 13.5. The van der Waals surface area contributed by atoms with Crippen molar-refractivity contribution in [2.45, 2.75) is 26.8 Å². The van der Waals surface area contributed by atoms with Gasteiger partial charge in [-0.1, -0.05) is 53.8 Å². The molecule has 2 heterocycles. The molecular formula is C31H31N3O4S. The number of rotatable bonds is 7. The molecule has 5 rings (SSSR count). The van der Waals surface area contributed by atoms with E-state index >= 15 is 0 Å². The highest BCUT2D eigenvalue weighted by Crippen LogP contribution is 2.32. The summed E-state index contributed by atoms with van der Waals surface area (Å²) in [4.78, 5) is 34.5. The molecule has 0 aliphatic carbocycles. The van der Waals surface area contributed by atoms with Crippen LogP contribution in [0.1, 0.15) is 37.9 Å². The summed E-state index contributed by atoms with van der Waals surface area (Å²) in [7, 11) is 3.94. The van der Waals surface area contributed by atoms with Crippen LogP contribution >= 0.6 is 11.3 Å². The second-order valence-electron chi connectivity index (χ2n) is 9.42. The number of fused-ring (bicyclic) bond motifs is 2. The molecule has 1 aromatic heterocycles. The van der Waals surface area contributed by atoms with Crippen molar-refractivity contribution in [3.63, 3.8) is 0 Å². The number of nitrogens with zero attached hydrogens (tertiary/aromatic N) is 3. The molecule has 0 saturated carbocycles. The van der Waals surface area contributed by atoms with Gasteiger partial charge in [0.25, 0.3) is 5.56 Å². The monoisotopic (exact) mass is 541 g/mol. The second-order valence-corrected chi connectivity index (χ2v) is 10.4. The van der Waals surface area contributed by atoms with E-state index in [0.29, 0.717) is 33.0 Å². The Hall–Kier alpha value is -4.17. The Kier molecular flexibility index (Phi) is 7.39. The number of ether oxygens (including phenoxy) is 2. The summed E-state index contributed by atoms with van der Waals surface area (Å²) in [6.07, 6.45) is 1.88. The zero-order valence-corrected chi connectivity index (χ0v) is 23.5. The lowest BCUT2D eigenvalue weighted by atomic mass is 9.95. The van der Waals surface area contributed by atoms with Crippen molar-refractivity contribution < 1.29 is 14.3 Å². The summed E-state index contributed by atoms with van der Waals surface area (Å²) in [5, 5.41) is 2.05. The molecular weight excluding hydrogens is 510 g/mol. The van der Waals surface area contributed by atoms with Gasteiger partial charge in [-0.3, -0.25) is 9.36 Å². The Morgan fingerprint density at radius 1 is 1.05 bits per heavy atom. The van der Waals surface area contributed by atoms with E-state index in [1.807, 2.05) is 92.7 Å². The minimum atomic E-state index is -0.655. The Bertz CT molecular complexity index is 1760. The molecule has 1 aliphatic rings. The summed E-state index contributed by atoms with van der Waals surface area (Å²) in [6, 6.07) is 19.2. The molecule has 0 bridgehead atoms. The zero-order chi connectivity index (χ0) is 27.7. The maximum absolute atomic E-state index is 14.1. The van der Waals surface area contributed by atoms with E-state index in [0.717, 1.165) is 27.6 Å². The van der Waals surface area contributed by atoms with Crippen molar-refractivity contribution in [1.29, 1.82) is 0 Å². The van der Waals surface area contributed by atoms with Gasteiger partial charge in [0.1, 0.15) is 5.75 Å². The maximum Gasteiger partial charge on any atom is 0.338 e. The number of aromatic nitrogens is 1. The van der Waals surface area contributed by atoms with Gasteiger partial charge < -0.3 is 14.4 Å². The fraction of sp³-hybridized carbons (Fsp3) is 0.258. The number of anilines is 1. The van der Waals surface area contributed by atoms with Crippen molar-refractivity contribution in [2.24, 2.45) is 4.99 Å². The number of carbonyl (C=O) groups excluding carboxylic acids is 1. The van der Waals surface area contributed by atoms with Gasteiger partial charge in [0, 0.05) is 25.3 Å². The van der Waals surface area contributed by atoms with Gasteiger partial charge in [0.15, 0.2) is 4.80 Å². The molecule has 0 radical (unpaired) electrons. The maximum atomic E-state index is 14.1. The van der Waals surface area contributed by atoms with Crippen LogP contribution in [0.2, 0.25) is 0 Å². The minimum Gasteiger partial charge on any atom is -0.493 e. The molecule has 0 fully saturated rings. The van der Waals surface area contributed by atoms with Gasteiger partial charge in [-0.15, -0.1) is 0 Å². The van der Waals surface area contributed by atoms with E-state index < -0.39 is 12.0 Å². The summed E-state index contributed by atoms with van der Waals surface area (Å²) in [5.41, 5.74) is 3.37. The third-order valence-electron chi connectivity index (χ3n) is 6.75. The number of thiazole rings is 1. The molecule has 4 aromatic rings. The molecule has 8 heteroatoms. The zero-order valence-electron chi connectivity index (χ0n) is 22.7. The molecule has 200 valence electrons. The predicted octanol–water partition coefficient (Wildman–Crippen LogP) is 4.42. The molecule has 3 aromatic carbocycles. The molecule has 0 saturated heterocycles. The van der Waals surface area contributed by atoms with Crippen molar-refractivity contribution in [2.75, 3.05) is 32.2 Å². The Morgan fingerprint density at radius 3 is 2.49 bits per heavy atom. The second kappa shape index (κ2) is 10.9. The average Bonchev–Trinajstić information content (AvgIpc) is 3.23. The Morgan fingerprint density at radius 2 is 1.79 bits per heavy atom. The van der Waals surface area contributed by atoms with Crippen LogP contribution in [0.25, 0.3) is 16.8 Å². The van der Waals surface area contributed by atoms with Crippen LogP contribution < -0.4 is 24.5 Å². The van der Waals surface area contributed by atoms with Gasteiger partial charge in [-0.2, -0.15) is 0 Å². The fourth-order valence-electron chi connectivity index (χ4n) is 4.90. The van der Waals surface area contributed by atoms with Crippen LogP contribution in [0.15, 0.2) is 81.7 Å². The van der Waals surface area contributed by atoms with Crippen molar-refractivity contribution in [1.82, 2.24) is 4.57 Å². The topological polar surface area (TPSA) is 73.1 Å². The fourth-order valence-corrected chi connectivity index (χ4v) is 5.93. The highest BCUT2D eigenvalue weighted by atomic mass is 32.1. The van der Waals surface area contributed by atoms with E-state index in [9.17, 15) is 9.59 Å². The van der Waals surface area contributed by atoms with Gasteiger partial charge in [0.2, 0.25) is 0 Å². The normalized spacial score (nSPS) is 15.2. The van der Waals surface area contributed by atoms with Gasteiger partial charge in [-0.05, 0) is 61.4 Å². The van der Waals surface area contributed by atoms with E-state index in [-0.39, 0.29) is 12.2 Å². The molecule has 39 heavy (non-hydrogen) atoms. The molecule has 1 aliphatic heterocycles. The number of esters is 1. The number of benzene rings is 3. The third-order valence-corrected chi connectivity index (χ3v) is 7.73. The standard InChI is InChI=1S/C31H31N3O4S/c1-6-37-25-17-14-20-10-8-9-11-23(20)24(25)18-26-29(35)34-28(21-12-15-22(16-13-21)33(4)5)27(30(36)38-7-2)19(3)32-31(34)39-26/h8-18,28H,6-7H2,1-5H3/b26-18-/t28-/m0/s1. The molecule has 1 atom stereocenters. The first-order chi connectivity index (χ1) is 18.8. The van der Waals surface area contributed by atoms with Crippen LogP contribution in [-0.2, 0) is 9.53 Å². The first-order valence-electron chi connectivity index (χ1n) is 13.0. The highest BCUT2D eigenvalue weighted by molar-refractivity contribution is 7.07. The number of hydrogen-bond donors (Lipinski definition) is 0. The van der Waals surface area contributed by atoms with E-state index in [2.05, 4.69) is 0 Å².